The SMILES string of the molecule is CNC(Cc1cc(Br)ccc1OC)c1cc(F)cc(Br)c1. The molecule has 0 fully saturated rings. The first-order chi connectivity index (χ1) is 10.0. The Kier molecular flexibility index (Phi) is 5.79. The average Bonchev–Trinajstić information content (AvgIpc) is 2.43. The van der Waals surface area contributed by atoms with Crippen molar-refractivity contribution in [3.8, 4) is 5.75 Å². The van der Waals surface area contributed by atoms with Crippen molar-refractivity contribution in [3.05, 3.63) is 62.3 Å². The summed E-state index contributed by atoms with van der Waals surface area (Å²) in [7, 11) is 3.52. The van der Waals surface area contributed by atoms with Crippen molar-refractivity contribution in [3.63, 3.8) is 0 Å². The van der Waals surface area contributed by atoms with Crippen LogP contribution in [0.15, 0.2) is 45.3 Å². The second-order valence-corrected chi connectivity index (χ2v) is 6.54. The summed E-state index contributed by atoms with van der Waals surface area (Å²) in [6, 6.07) is 10.8. The number of likely N-dealkylation sites (N-methyl/N-ethyl adjacent to an activating group) is 1. The van der Waals surface area contributed by atoms with E-state index in [9.17, 15) is 4.39 Å². The molecule has 1 atom stereocenters. The van der Waals surface area contributed by atoms with Gasteiger partial charge in [-0.05, 0) is 61.0 Å². The Morgan fingerprint density at radius 2 is 1.90 bits per heavy atom. The average molecular weight is 417 g/mol. The maximum atomic E-state index is 13.6. The summed E-state index contributed by atoms with van der Waals surface area (Å²) >= 11 is 6.81. The largest absolute Gasteiger partial charge is 0.496 e. The Labute approximate surface area is 141 Å². The Hall–Kier alpha value is -0.910. The van der Waals surface area contributed by atoms with Gasteiger partial charge in [0.15, 0.2) is 0 Å². The summed E-state index contributed by atoms with van der Waals surface area (Å²) in [5.41, 5.74) is 1.96. The van der Waals surface area contributed by atoms with Gasteiger partial charge in [-0.25, -0.2) is 4.39 Å². The smallest absolute Gasteiger partial charge is 0.124 e. The van der Waals surface area contributed by atoms with Crippen molar-refractivity contribution >= 4 is 31.9 Å². The zero-order valence-corrected chi connectivity index (χ0v) is 15.0. The number of benzene rings is 2. The highest BCUT2D eigenvalue weighted by atomic mass is 79.9. The first kappa shape index (κ1) is 16.5. The maximum Gasteiger partial charge on any atom is 0.124 e. The molecule has 21 heavy (non-hydrogen) atoms. The van der Waals surface area contributed by atoms with Crippen LogP contribution in [0, 0.1) is 5.82 Å². The highest BCUT2D eigenvalue weighted by molar-refractivity contribution is 9.10. The van der Waals surface area contributed by atoms with E-state index >= 15 is 0 Å². The monoisotopic (exact) mass is 415 g/mol. The lowest BCUT2D eigenvalue weighted by Crippen LogP contribution is -2.19. The molecule has 0 amide bonds. The van der Waals surface area contributed by atoms with Gasteiger partial charge in [0.25, 0.3) is 0 Å². The number of halogens is 3. The Balaban J connectivity index is 2.32. The minimum atomic E-state index is -0.249. The second-order valence-electron chi connectivity index (χ2n) is 4.70. The van der Waals surface area contributed by atoms with Crippen LogP contribution in [0.1, 0.15) is 17.2 Å². The number of ether oxygens (including phenoxy) is 1. The highest BCUT2D eigenvalue weighted by Crippen LogP contribution is 2.29. The zero-order valence-electron chi connectivity index (χ0n) is 11.8. The van der Waals surface area contributed by atoms with Gasteiger partial charge in [0.1, 0.15) is 11.6 Å². The quantitative estimate of drug-likeness (QED) is 0.751. The van der Waals surface area contributed by atoms with Crippen LogP contribution >= 0.6 is 31.9 Å². The van der Waals surface area contributed by atoms with Gasteiger partial charge in [-0.3, -0.25) is 0 Å². The fraction of sp³-hybridized carbons (Fsp3) is 0.250. The molecule has 1 unspecified atom stereocenters. The highest BCUT2D eigenvalue weighted by Gasteiger charge is 2.15. The number of hydrogen-bond acceptors (Lipinski definition) is 2. The van der Waals surface area contributed by atoms with E-state index in [-0.39, 0.29) is 11.9 Å². The van der Waals surface area contributed by atoms with Gasteiger partial charge in [-0.2, -0.15) is 0 Å². The van der Waals surface area contributed by atoms with E-state index in [1.807, 2.05) is 31.3 Å². The summed E-state index contributed by atoms with van der Waals surface area (Å²) in [6.07, 6.45) is 0.703. The molecule has 0 aliphatic rings. The molecule has 0 spiro atoms. The topological polar surface area (TPSA) is 21.3 Å². The molecule has 2 rings (SSSR count). The van der Waals surface area contributed by atoms with Crippen molar-refractivity contribution < 1.29 is 9.13 Å². The van der Waals surface area contributed by atoms with E-state index in [4.69, 9.17) is 4.74 Å². The van der Waals surface area contributed by atoms with Crippen molar-refractivity contribution in [2.45, 2.75) is 12.5 Å². The second kappa shape index (κ2) is 7.38. The fourth-order valence-electron chi connectivity index (χ4n) is 2.29. The standard InChI is InChI=1S/C16H16Br2FNO/c1-20-15(10-5-13(18)9-14(19)7-10)8-11-6-12(17)3-4-16(11)21-2/h3-7,9,15,20H,8H2,1-2H3. The molecule has 0 aromatic heterocycles. The molecular formula is C16H16Br2FNO. The third kappa shape index (κ3) is 4.28. The third-order valence-corrected chi connectivity index (χ3v) is 4.25. The van der Waals surface area contributed by atoms with Crippen LogP contribution in [0.4, 0.5) is 4.39 Å². The molecular weight excluding hydrogens is 401 g/mol. The van der Waals surface area contributed by atoms with Gasteiger partial charge in [-0.15, -0.1) is 0 Å². The molecule has 0 saturated heterocycles. The van der Waals surface area contributed by atoms with Crippen LogP contribution in [0.3, 0.4) is 0 Å². The van der Waals surface area contributed by atoms with Crippen molar-refractivity contribution in [2.75, 3.05) is 14.2 Å². The van der Waals surface area contributed by atoms with E-state index in [1.165, 1.54) is 6.07 Å². The van der Waals surface area contributed by atoms with Crippen molar-refractivity contribution in [1.82, 2.24) is 5.32 Å². The van der Waals surface area contributed by atoms with Crippen LogP contribution < -0.4 is 10.1 Å². The molecule has 0 bridgehead atoms. The fourth-order valence-corrected chi connectivity index (χ4v) is 3.18. The van der Waals surface area contributed by atoms with Crippen LogP contribution in [0.2, 0.25) is 0 Å². The van der Waals surface area contributed by atoms with E-state index in [0.29, 0.717) is 6.42 Å². The molecule has 2 aromatic carbocycles. The molecule has 1 N–H and O–H groups in total. The first-order valence-corrected chi connectivity index (χ1v) is 8.07. The first-order valence-electron chi connectivity index (χ1n) is 6.49. The van der Waals surface area contributed by atoms with Crippen LogP contribution in [0.5, 0.6) is 5.75 Å². The predicted molar refractivity (Wildman–Crippen MR) is 90.3 cm³/mol. The van der Waals surface area contributed by atoms with Crippen molar-refractivity contribution in [1.29, 1.82) is 0 Å². The van der Waals surface area contributed by atoms with E-state index in [0.717, 1.165) is 25.8 Å². The lowest BCUT2D eigenvalue weighted by molar-refractivity contribution is 0.406. The molecule has 2 aromatic rings. The molecule has 112 valence electrons. The number of hydrogen-bond donors (Lipinski definition) is 1. The number of methoxy groups -OCH3 is 1. The maximum absolute atomic E-state index is 13.6. The molecule has 0 aliphatic carbocycles. The third-order valence-electron chi connectivity index (χ3n) is 3.30. The van der Waals surface area contributed by atoms with Gasteiger partial charge in [0.2, 0.25) is 0 Å². The molecule has 0 aliphatic heterocycles. The summed E-state index contributed by atoms with van der Waals surface area (Å²) in [5.74, 6) is 0.578. The molecule has 2 nitrogen and oxygen atoms in total. The molecule has 0 saturated carbocycles. The summed E-state index contributed by atoms with van der Waals surface area (Å²) < 4.78 is 20.7. The van der Waals surface area contributed by atoms with Crippen molar-refractivity contribution in [2.24, 2.45) is 0 Å². The summed E-state index contributed by atoms with van der Waals surface area (Å²) in [5, 5.41) is 3.23. The van der Waals surface area contributed by atoms with E-state index < -0.39 is 0 Å². The minimum absolute atomic E-state index is 0.000185. The number of nitrogens with one attached hydrogen (secondary N) is 1. The van der Waals surface area contributed by atoms with Crippen LogP contribution in [-0.4, -0.2) is 14.2 Å². The van der Waals surface area contributed by atoms with Crippen LogP contribution in [0.25, 0.3) is 0 Å². The summed E-state index contributed by atoms with van der Waals surface area (Å²) in [4.78, 5) is 0. The van der Waals surface area contributed by atoms with Gasteiger partial charge in [0.05, 0.1) is 7.11 Å². The van der Waals surface area contributed by atoms with Gasteiger partial charge in [0, 0.05) is 15.0 Å². The van der Waals surface area contributed by atoms with E-state index in [1.54, 1.807) is 13.2 Å². The van der Waals surface area contributed by atoms with Gasteiger partial charge >= 0.3 is 0 Å². The Morgan fingerprint density at radius 3 is 2.52 bits per heavy atom. The predicted octanol–water partition coefficient (Wildman–Crippen LogP) is 4.86. The molecule has 5 heteroatoms. The normalized spacial score (nSPS) is 12.2. The van der Waals surface area contributed by atoms with Gasteiger partial charge < -0.3 is 10.1 Å². The summed E-state index contributed by atoms with van der Waals surface area (Å²) in [6.45, 7) is 0. The molecule has 0 radical (unpaired) electrons. The number of rotatable bonds is 5. The lowest BCUT2D eigenvalue weighted by atomic mass is 9.98. The lowest BCUT2D eigenvalue weighted by Gasteiger charge is -2.19. The molecule has 0 heterocycles. The van der Waals surface area contributed by atoms with Gasteiger partial charge in [-0.1, -0.05) is 31.9 Å². The Bertz CT molecular complexity index is 613. The van der Waals surface area contributed by atoms with E-state index in [2.05, 4.69) is 37.2 Å². The Morgan fingerprint density at radius 1 is 1.14 bits per heavy atom. The van der Waals surface area contributed by atoms with Crippen LogP contribution in [-0.2, 0) is 6.42 Å². The zero-order chi connectivity index (χ0) is 15.4. The minimum Gasteiger partial charge on any atom is -0.496 e.